The molecule has 1 aliphatic heterocycles. The average molecular weight is 522 g/mol. The van der Waals surface area contributed by atoms with Gasteiger partial charge in [-0.25, -0.2) is 4.98 Å². The molecular formula is C24H26F3N5O3S. The van der Waals surface area contributed by atoms with Crippen LogP contribution in [0.5, 0.6) is 0 Å². The van der Waals surface area contributed by atoms with E-state index in [-0.39, 0.29) is 17.0 Å². The van der Waals surface area contributed by atoms with Gasteiger partial charge in [-0.05, 0) is 56.6 Å². The summed E-state index contributed by atoms with van der Waals surface area (Å²) in [6.07, 6.45) is -1.22. The summed E-state index contributed by atoms with van der Waals surface area (Å²) in [6, 6.07) is 4.53. The fourth-order valence-corrected chi connectivity index (χ4v) is 5.51. The first-order valence-electron chi connectivity index (χ1n) is 11.6. The molecule has 8 nitrogen and oxygen atoms in total. The van der Waals surface area contributed by atoms with Crippen molar-refractivity contribution < 1.29 is 22.8 Å². The maximum Gasteiger partial charge on any atom is 0.416 e. The van der Waals surface area contributed by atoms with Gasteiger partial charge in [0.2, 0.25) is 5.91 Å². The number of fused-ring (bicyclic) bond motifs is 1. The van der Waals surface area contributed by atoms with Crippen molar-refractivity contribution >= 4 is 39.1 Å². The molecule has 2 aromatic heterocycles. The molecule has 0 aliphatic carbocycles. The van der Waals surface area contributed by atoms with Crippen LogP contribution in [-0.2, 0) is 17.5 Å². The van der Waals surface area contributed by atoms with Crippen LogP contribution in [0.3, 0.4) is 0 Å². The van der Waals surface area contributed by atoms with Crippen LogP contribution in [0.15, 0.2) is 35.4 Å². The van der Waals surface area contributed by atoms with Crippen molar-refractivity contribution in [3.05, 3.63) is 57.0 Å². The molecule has 1 atom stereocenters. The molecule has 4 rings (SSSR count). The average Bonchev–Trinajstić information content (AvgIpc) is 3.43. The van der Waals surface area contributed by atoms with Gasteiger partial charge in [-0.15, -0.1) is 11.3 Å². The van der Waals surface area contributed by atoms with E-state index in [1.807, 2.05) is 0 Å². The van der Waals surface area contributed by atoms with Gasteiger partial charge in [0, 0.05) is 18.3 Å². The van der Waals surface area contributed by atoms with Crippen LogP contribution in [-0.4, -0.2) is 51.9 Å². The van der Waals surface area contributed by atoms with Crippen LogP contribution in [0.25, 0.3) is 10.2 Å². The third kappa shape index (κ3) is 5.44. The molecule has 1 aromatic carbocycles. The quantitative estimate of drug-likeness (QED) is 0.495. The highest BCUT2D eigenvalue weighted by Gasteiger charge is 2.30. The number of thiophene rings is 1. The summed E-state index contributed by atoms with van der Waals surface area (Å²) in [4.78, 5) is 45.7. The number of hydrogen-bond acceptors (Lipinski definition) is 6. The van der Waals surface area contributed by atoms with E-state index in [0.29, 0.717) is 27.9 Å². The second-order valence-corrected chi connectivity index (χ2v) is 9.67. The number of likely N-dealkylation sites (N-methyl/N-ethyl adjacent to an activating group) is 1. The van der Waals surface area contributed by atoms with Crippen molar-refractivity contribution in [1.29, 1.82) is 0 Å². The van der Waals surface area contributed by atoms with E-state index in [4.69, 9.17) is 0 Å². The van der Waals surface area contributed by atoms with Crippen molar-refractivity contribution in [3.8, 4) is 0 Å². The number of carbonyl (C=O) groups excluding carboxylic acids is 2. The first-order chi connectivity index (χ1) is 17.1. The minimum Gasteiger partial charge on any atom is -0.350 e. The summed E-state index contributed by atoms with van der Waals surface area (Å²) >= 11 is 1.11. The van der Waals surface area contributed by atoms with Gasteiger partial charge in [-0.1, -0.05) is 13.0 Å². The second kappa shape index (κ2) is 10.4. The molecule has 0 bridgehead atoms. The highest BCUT2D eigenvalue weighted by Crippen LogP contribution is 2.31. The molecule has 0 saturated carbocycles. The molecule has 0 radical (unpaired) electrons. The summed E-state index contributed by atoms with van der Waals surface area (Å²) in [6.45, 7) is 5.78. The van der Waals surface area contributed by atoms with Gasteiger partial charge in [-0.2, -0.15) is 13.2 Å². The Labute approximate surface area is 209 Å². The minimum atomic E-state index is -4.54. The van der Waals surface area contributed by atoms with E-state index in [9.17, 15) is 27.6 Å². The van der Waals surface area contributed by atoms with E-state index in [0.717, 1.165) is 54.0 Å². The van der Waals surface area contributed by atoms with Gasteiger partial charge in [0.1, 0.15) is 11.4 Å². The highest BCUT2D eigenvalue weighted by molar-refractivity contribution is 7.20. The molecule has 3 aromatic rings. The SMILES string of the molecule is CCN1CCC[C@H]1CNC(=O)c1sc2ncn(CC(=O)Nc3cccc(C(F)(F)F)c3)c(=O)c2c1C. The van der Waals surface area contributed by atoms with Crippen LogP contribution >= 0.6 is 11.3 Å². The number of halogens is 3. The number of rotatable bonds is 7. The van der Waals surface area contributed by atoms with Crippen LogP contribution in [0, 0.1) is 6.92 Å². The summed E-state index contributed by atoms with van der Waals surface area (Å²) in [5.41, 5.74) is -0.946. The molecule has 12 heteroatoms. The van der Waals surface area contributed by atoms with E-state index in [1.54, 1.807) is 6.92 Å². The van der Waals surface area contributed by atoms with Crippen molar-refractivity contribution in [2.75, 3.05) is 25.0 Å². The smallest absolute Gasteiger partial charge is 0.350 e. The maximum absolute atomic E-state index is 13.1. The van der Waals surface area contributed by atoms with Gasteiger partial charge in [0.25, 0.3) is 11.5 Å². The molecule has 1 aliphatic rings. The Balaban J connectivity index is 1.48. The Morgan fingerprint density at radius 3 is 2.78 bits per heavy atom. The number of likely N-dealkylation sites (tertiary alicyclic amines) is 1. The summed E-state index contributed by atoms with van der Waals surface area (Å²) in [5, 5.41) is 5.59. The number of aromatic nitrogens is 2. The predicted octanol–water partition coefficient (Wildman–Crippen LogP) is 3.64. The Morgan fingerprint density at radius 2 is 2.06 bits per heavy atom. The Kier molecular flexibility index (Phi) is 7.46. The Bertz CT molecular complexity index is 1350. The lowest BCUT2D eigenvalue weighted by Gasteiger charge is -2.22. The van der Waals surface area contributed by atoms with Gasteiger partial charge in [0.05, 0.1) is 22.2 Å². The van der Waals surface area contributed by atoms with Crippen molar-refractivity contribution in [2.24, 2.45) is 0 Å². The van der Waals surface area contributed by atoms with Gasteiger partial charge >= 0.3 is 6.18 Å². The highest BCUT2D eigenvalue weighted by atomic mass is 32.1. The van der Waals surface area contributed by atoms with E-state index < -0.39 is 29.8 Å². The maximum atomic E-state index is 13.1. The fraction of sp³-hybridized carbons (Fsp3) is 0.417. The lowest BCUT2D eigenvalue weighted by Crippen LogP contribution is -2.40. The van der Waals surface area contributed by atoms with E-state index in [1.165, 1.54) is 18.5 Å². The molecule has 2 N–H and O–H groups in total. The molecule has 1 fully saturated rings. The number of benzene rings is 1. The van der Waals surface area contributed by atoms with Gasteiger partial charge in [0.15, 0.2) is 0 Å². The number of aryl methyl sites for hydroxylation is 1. The predicted molar refractivity (Wildman–Crippen MR) is 131 cm³/mol. The van der Waals surface area contributed by atoms with Crippen LogP contribution < -0.4 is 16.2 Å². The summed E-state index contributed by atoms with van der Waals surface area (Å²) < 4.78 is 39.8. The summed E-state index contributed by atoms with van der Waals surface area (Å²) in [5.74, 6) is -0.952. The largest absolute Gasteiger partial charge is 0.416 e. The lowest BCUT2D eigenvalue weighted by atomic mass is 10.2. The molecule has 36 heavy (non-hydrogen) atoms. The van der Waals surface area contributed by atoms with Crippen LogP contribution in [0.2, 0.25) is 0 Å². The van der Waals surface area contributed by atoms with Crippen molar-refractivity contribution in [2.45, 2.75) is 45.5 Å². The minimum absolute atomic E-state index is 0.0357. The zero-order valence-electron chi connectivity index (χ0n) is 19.8. The Hall–Kier alpha value is -3.25. The molecule has 0 unspecified atom stereocenters. The lowest BCUT2D eigenvalue weighted by molar-refractivity contribution is -0.137. The fourth-order valence-electron chi connectivity index (χ4n) is 4.45. The standard InChI is InChI=1S/C24H26F3N5O3S/c1-3-31-9-5-8-17(31)11-28-21(34)20-14(2)19-22(36-20)29-13-32(23(19)35)12-18(33)30-16-7-4-6-15(10-16)24(25,26)27/h4,6-7,10,13,17H,3,5,8-9,11-12H2,1-2H3,(H,28,34)(H,30,33)/t17-/m0/s1. The third-order valence-electron chi connectivity index (χ3n) is 6.31. The first kappa shape index (κ1) is 25.8. The molecule has 2 amide bonds. The number of nitrogens with one attached hydrogen (secondary N) is 2. The molecular weight excluding hydrogens is 495 g/mol. The Morgan fingerprint density at radius 1 is 1.28 bits per heavy atom. The zero-order valence-corrected chi connectivity index (χ0v) is 20.6. The van der Waals surface area contributed by atoms with Crippen LogP contribution in [0.4, 0.5) is 18.9 Å². The molecule has 1 saturated heterocycles. The number of amides is 2. The van der Waals surface area contributed by atoms with Crippen molar-refractivity contribution in [3.63, 3.8) is 0 Å². The zero-order chi connectivity index (χ0) is 26.0. The molecule has 0 spiro atoms. The summed E-state index contributed by atoms with van der Waals surface area (Å²) in [7, 11) is 0. The molecule has 3 heterocycles. The normalized spacial score (nSPS) is 16.4. The van der Waals surface area contributed by atoms with Crippen LogP contribution in [0.1, 0.15) is 40.6 Å². The number of alkyl halides is 3. The number of anilines is 1. The van der Waals surface area contributed by atoms with E-state index >= 15 is 0 Å². The second-order valence-electron chi connectivity index (χ2n) is 8.68. The van der Waals surface area contributed by atoms with E-state index in [2.05, 4.69) is 27.4 Å². The number of hydrogen-bond donors (Lipinski definition) is 2. The van der Waals surface area contributed by atoms with Gasteiger partial charge in [-0.3, -0.25) is 23.9 Å². The van der Waals surface area contributed by atoms with Gasteiger partial charge < -0.3 is 10.6 Å². The topological polar surface area (TPSA) is 96.3 Å². The number of nitrogens with zero attached hydrogens (tertiary/aromatic N) is 3. The third-order valence-corrected chi connectivity index (χ3v) is 7.51. The number of carbonyl (C=O) groups is 2. The molecule has 192 valence electrons. The monoisotopic (exact) mass is 521 g/mol. The first-order valence-corrected chi connectivity index (χ1v) is 12.4. The van der Waals surface area contributed by atoms with Crippen molar-refractivity contribution in [1.82, 2.24) is 19.8 Å².